The number of rotatable bonds is 6. The molecule has 2 aromatic carbocycles. The first-order valence-electron chi connectivity index (χ1n) is 6.58. The Morgan fingerprint density at radius 2 is 1.76 bits per heavy atom. The largest absolute Gasteiger partial charge is 0.492 e. The fourth-order valence-electron chi connectivity index (χ4n) is 1.92. The Morgan fingerprint density at radius 3 is 2.38 bits per heavy atom. The number of likely N-dealkylation sites (N-methyl/N-ethyl adjacent to an activating group) is 1. The summed E-state index contributed by atoms with van der Waals surface area (Å²) in [6.45, 7) is 0.431. The molecule has 112 valence electrons. The number of nitrogens with one attached hydrogen (secondary N) is 1. The lowest BCUT2D eigenvalue weighted by molar-refractivity contribution is 0.269. The van der Waals surface area contributed by atoms with E-state index in [9.17, 15) is 4.39 Å². The second-order valence-electron chi connectivity index (χ2n) is 4.69. The average molecular weight is 328 g/mol. The van der Waals surface area contributed by atoms with Crippen LogP contribution in [0.3, 0.4) is 0 Å². The van der Waals surface area contributed by atoms with Crippen LogP contribution < -0.4 is 10.1 Å². The first-order valence-corrected chi connectivity index (χ1v) is 7.33. The van der Waals surface area contributed by atoms with Crippen molar-refractivity contribution in [3.05, 3.63) is 63.9 Å². The van der Waals surface area contributed by atoms with Crippen molar-refractivity contribution in [1.29, 1.82) is 0 Å². The summed E-state index contributed by atoms with van der Waals surface area (Å²) in [7, 11) is 1.82. The molecule has 0 saturated carbocycles. The fraction of sp³-hybridized carbons (Fsp3) is 0.250. The summed E-state index contributed by atoms with van der Waals surface area (Å²) in [4.78, 5) is 0. The van der Waals surface area contributed by atoms with E-state index in [0.717, 1.165) is 5.75 Å². The van der Waals surface area contributed by atoms with E-state index in [1.807, 2.05) is 7.05 Å². The van der Waals surface area contributed by atoms with E-state index in [-0.39, 0.29) is 11.9 Å². The Labute approximate surface area is 133 Å². The van der Waals surface area contributed by atoms with Gasteiger partial charge in [-0.3, -0.25) is 0 Å². The van der Waals surface area contributed by atoms with Crippen LogP contribution in [0.4, 0.5) is 4.39 Å². The molecule has 0 bridgehead atoms. The fourth-order valence-corrected chi connectivity index (χ4v) is 2.21. The second kappa shape index (κ2) is 7.64. The van der Waals surface area contributed by atoms with Crippen LogP contribution in [-0.2, 0) is 6.42 Å². The Balaban J connectivity index is 1.95. The maximum atomic E-state index is 13.8. The topological polar surface area (TPSA) is 21.3 Å². The van der Waals surface area contributed by atoms with Crippen LogP contribution in [0.5, 0.6) is 5.75 Å². The van der Waals surface area contributed by atoms with Crippen molar-refractivity contribution >= 4 is 23.2 Å². The molecular formula is C16H16Cl2FNO. The SMILES string of the molecule is CNC(COc1ccc(Cl)cc1)Cc1ccc(Cl)cc1F. The zero-order valence-electron chi connectivity index (χ0n) is 11.6. The van der Waals surface area contributed by atoms with Crippen molar-refractivity contribution < 1.29 is 9.13 Å². The molecule has 0 saturated heterocycles. The van der Waals surface area contributed by atoms with Gasteiger partial charge in [-0.1, -0.05) is 29.3 Å². The third-order valence-electron chi connectivity index (χ3n) is 3.15. The van der Waals surface area contributed by atoms with Crippen LogP contribution >= 0.6 is 23.2 Å². The average Bonchev–Trinajstić information content (AvgIpc) is 2.47. The van der Waals surface area contributed by atoms with Gasteiger partial charge in [0.2, 0.25) is 0 Å². The van der Waals surface area contributed by atoms with Gasteiger partial charge in [0.25, 0.3) is 0 Å². The maximum Gasteiger partial charge on any atom is 0.127 e. The number of hydrogen-bond acceptors (Lipinski definition) is 2. The van der Waals surface area contributed by atoms with Crippen LogP contribution in [0, 0.1) is 5.82 Å². The van der Waals surface area contributed by atoms with Crippen molar-refractivity contribution in [3.63, 3.8) is 0 Å². The molecule has 2 nitrogen and oxygen atoms in total. The summed E-state index contributed by atoms with van der Waals surface area (Å²) in [6.07, 6.45) is 0.521. The Morgan fingerprint density at radius 1 is 1.10 bits per heavy atom. The molecule has 0 aliphatic carbocycles. The van der Waals surface area contributed by atoms with Crippen molar-refractivity contribution in [2.75, 3.05) is 13.7 Å². The highest BCUT2D eigenvalue weighted by Gasteiger charge is 2.12. The summed E-state index contributed by atoms with van der Waals surface area (Å²) in [5.41, 5.74) is 0.610. The summed E-state index contributed by atoms with van der Waals surface area (Å²) < 4.78 is 19.5. The van der Waals surface area contributed by atoms with E-state index in [1.54, 1.807) is 36.4 Å². The van der Waals surface area contributed by atoms with Crippen molar-refractivity contribution in [2.24, 2.45) is 0 Å². The van der Waals surface area contributed by atoms with Crippen LogP contribution in [-0.4, -0.2) is 19.7 Å². The highest BCUT2D eigenvalue weighted by atomic mass is 35.5. The quantitative estimate of drug-likeness (QED) is 0.852. The molecule has 0 amide bonds. The summed E-state index contributed by atoms with van der Waals surface area (Å²) >= 11 is 11.6. The van der Waals surface area contributed by atoms with Crippen molar-refractivity contribution in [1.82, 2.24) is 5.32 Å². The Hall–Kier alpha value is -1.29. The minimum Gasteiger partial charge on any atom is -0.492 e. The zero-order valence-corrected chi connectivity index (χ0v) is 13.1. The molecule has 1 unspecified atom stereocenters. The molecule has 0 heterocycles. The van der Waals surface area contributed by atoms with Crippen LogP contribution in [0.15, 0.2) is 42.5 Å². The van der Waals surface area contributed by atoms with Gasteiger partial charge in [0.05, 0.1) is 0 Å². The minimum atomic E-state index is -0.297. The summed E-state index contributed by atoms with van der Waals surface area (Å²) in [6, 6.07) is 11.8. The van der Waals surface area contributed by atoms with E-state index in [4.69, 9.17) is 27.9 Å². The number of halogens is 3. The smallest absolute Gasteiger partial charge is 0.127 e. The molecule has 0 aliphatic rings. The third-order valence-corrected chi connectivity index (χ3v) is 3.64. The lowest BCUT2D eigenvalue weighted by Gasteiger charge is -2.17. The number of ether oxygens (including phenoxy) is 1. The van der Waals surface area contributed by atoms with Gasteiger partial charge in [0, 0.05) is 16.1 Å². The molecule has 1 N–H and O–H groups in total. The van der Waals surface area contributed by atoms with Gasteiger partial charge in [0.1, 0.15) is 18.2 Å². The number of hydrogen-bond donors (Lipinski definition) is 1. The van der Waals surface area contributed by atoms with E-state index in [1.165, 1.54) is 6.07 Å². The molecular weight excluding hydrogens is 312 g/mol. The standard InChI is InChI=1S/C16H16Cl2FNO/c1-20-14(8-11-2-3-13(18)9-16(11)19)10-21-15-6-4-12(17)5-7-15/h2-7,9,14,20H,8,10H2,1H3. The van der Waals surface area contributed by atoms with Crippen LogP contribution in [0.1, 0.15) is 5.56 Å². The Kier molecular flexibility index (Phi) is 5.85. The van der Waals surface area contributed by atoms with Gasteiger partial charge in [-0.25, -0.2) is 4.39 Å². The highest BCUT2D eigenvalue weighted by molar-refractivity contribution is 6.30. The molecule has 0 spiro atoms. The predicted molar refractivity (Wildman–Crippen MR) is 84.9 cm³/mol. The van der Waals surface area contributed by atoms with Crippen molar-refractivity contribution in [3.8, 4) is 5.75 Å². The van der Waals surface area contributed by atoms with E-state index < -0.39 is 0 Å². The molecule has 0 aliphatic heterocycles. The van der Waals surface area contributed by atoms with E-state index in [2.05, 4.69) is 5.32 Å². The van der Waals surface area contributed by atoms with Gasteiger partial charge in [-0.15, -0.1) is 0 Å². The van der Waals surface area contributed by atoms with Crippen molar-refractivity contribution in [2.45, 2.75) is 12.5 Å². The summed E-state index contributed by atoms with van der Waals surface area (Å²) in [5, 5.41) is 4.18. The normalized spacial score (nSPS) is 12.2. The molecule has 0 radical (unpaired) electrons. The van der Waals surface area contributed by atoms with Crippen LogP contribution in [0.2, 0.25) is 10.0 Å². The van der Waals surface area contributed by atoms with Crippen LogP contribution in [0.25, 0.3) is 0 Å². The molecule has 21 heavy (non-hydrogen) atoms. The monoisotopic (exact) mass is 327 g/mol. The maximum absolute atomic E-state index is 13.8. The van der Waals surface area contributed by atoms with Gasteiger partial charge in [-0.2, -0.15) is 0 Å². The predicted octanol–water partition coefficient (Wildman–Crippen LogP) is 4.34. The van der Waals surface area contributed by atoms with Gasteiger partial charge in [0.15, 0.2) is 0 Å². The summed E-state index contributed by atoms with van der Waals surface area (Å²) in [5.74, 6) is 0.436. The number of benzene rings is 2. The lowest BCUT2D eigenvalue weighted by atomic mass is 10.1. The third kappa shape index (κ3) is 4.88. The molecule has 2 rings (SSSR count). The van der Waals surface area contributed by atoms with E-state index in [0.29, 0.717) is 28.6 Å². The zero-order chi connectivity index (χ0) is 15.2. The molecule has 0 fully saturated rings. The lowest BCUT2D eigenvalue weighted by Crippen LogP contribution is -2.34. The van der Waals surface area contributed by atoms with Gasteiger partial charge in [-0.05, 0) is 55.4 Å². The molecule has 1 atom stereocenters. The molecule has 2 aromatic rings. The minimum absolute atomic E-state index is 0.00338. The van der Waals surface area contributed by atoms with Gasteiger partial charge >= 0.3 is 0 Å². The second-order valence-corrected chi connectivity index (χ2v) is 5.56. The first-order chi connectivity index (χ1) is 10.1. The highest BCUT2D eigenvalue weighted by Crippen LogP contribution is 2.18. The molecule has 0 aromatic heterocycles. The first kappa shape index (κ1) is 16.1. The Bertz CT molecular complexity index is 589. The van der Waals surface area contributed by atoms with E-state index >= 15 is 0 Å². The van der Waals surface area contributed by atoms with Gasteiger partial charge < -0.3 is 10.1 Å². The molecule has 5 heteroatoms.